The van der Waals surface area contributed by atoms with Gasteiger partial charge in [-0.2, -0.15) is 0 Å². The minimum absolute atomic E-state index is 0.0235. The maximum Gasteiger partial charge on any atom is 0.231 e. The Balaban J connectivity index is 1.26. The van der Waals surface area contributed by atoms with Gasteiger partial charge in [-0.3, -0.25) is 4.79 Å². The Labute approximate surface area is 194 Å². The summed E-state index contributed by atoms with van der Waals surface area (Å²) in [4.78, 5) is 12.6. The summed E-state index contributed by atoms with van der Waals surface area (Å²) in [5.74, 6) is 0.221. The highest BCUT2D eigenvalue weighted by molar-refractivity contribution is 8.04. The fourth-order valence-electron chi connectivity index (χ4n) is 4.28. The molecule has 4 rings (SSSR count). The standard InChI is InChI=1S/C26H34N2O3S/c1-26(2,14-17-7-8-18-5-3-4-6-20(18)13-17)28-15-21(29)16-31-24(19-9-10-19)22-11-12-23(32-22)25(27)30/h3-8,11,13,19,21,23-24,28-29H,9-10,12,14-16H2,1-2H3,(H2,27,30)/t21-,23?,24?/m1/s1. The van der Waals surface area contributed by atoms with Crippen LogP contribution in [0, 0.1) is 5.92 Å². The number of aliphatic hydroxyl groups is 1. The summed E-state index contributed by atoms with van der Waals surface area (Å²) in [5.41, 5.74) is 6.57. The van der Waals surface area contributed by atoms with Crippen molar-refractivity contribution in [1.29, 1.82) is 0 Å². The molecule has 6 heteroatoms. The first-order valence-electron chi connectivity index (χ1n) is 11.5. The summed E-state index contributed by atoms with van der Waals surface area (Å²) in [5, 5.41) is 16.4. The van der Waals surface area contributed by atoms with Crippen LogP contribution in [-0.4, -0.2) is 47.2 Å². The van der Waals surface area contributed by atoms with Gasteiger partial charge < -0.3 is 20.9 Å². The Morgan fingerprint density at radius 1 is 1.25 bits per heavy atom. The number of ether oxygens (including phenoxy) is 1. The second kappa shape index (κ2) is 9.96. The zero-order valence-electron chi connectivity index (χ0n) is 18.9. The molecule has 2 aliphatic rings. The summed E-state index contributed by atoms with van der Waals surface area (Å²) in [6.07, 6.45) is 5.29. The topological polar surface area (TPSA) is 84.6 Å². The summed E-state index contributed by atoms with van der Waals surface area (Å²) >= 11 is 1.53. The summed E-state index contributed by atoms with van der Waals surface area (Å²) in [6.45, 7) is 5.06. The van der Waals surface area contributed by atoms with Crippen molar-refractivity contribution in [3.8, 4) is 0 Å². The van der Waals surface area contributed by atoms with Crippen LogP contribution in [0.2, 0.25) is 0 Å². The number of allylic oxidation sites excluding steroid dienone is 1. The number of carbonyl (C=O) groups excluding carboxylic acids is 1. The van der Waals surface area contributed by atoms with Crippen LogP contribution in [0.15, 0.2) is 53.4 Å². The van der Waals surface area contributed by atoms with Crippen molar-refractivity contribution >= 4 is 28.4 Å². The van der Waals surface area contributed by atoms with Gasteiger partial charge in [0.2, 0.25) is 5.91 Å². The highest BCUT2D eigenvalue weighted by Gasteiger charge is 2.38. The number of hydrogen-bond acceptors (Lipinski definition) is 5. The van der Waals surface area contributed by atoms with Crippen molar-refractivity contribution in [2.45, 2.75) is 62.5 Å². The molecule has 2 unspecified atom stereocenters. The molecule has 0 spiro atoms. The van der Waals surface area contributed by atoms with E-state index in [0.29, 0.717) is 18.9 Å². The van der Waals surface area contributed by atoms with Crippen LogP contribution in [0.1, 0.15) is 38.7 Å². The van der Waals surface area contributed by atoms with Crippen LogP contribution in [-0.2, 0) is 16.0 Å². The van der Waals surface area contributed by atoms with E-state index in [9.17, 15) is 9.90 Å². The van der Waals surface area contributed by atoms with E-state index in [1.165, 1.54) is 28.1 Å². The number of thioether (sulfide) groups is 1. The summed E-state index contributed by atoms with van der Waals surface area (Å²) in [6, 6.07) is 15.0. The van der Waals surface area contributed by atoms with Crippen molar-refractivity contribution in [3.05, 3.63) is 59.0 Å². The Kier molecular flexibility index (Phi) is 7.25. The van der Waals surface area contributed by atoms with E-state index in [1.54, 1.807) is 0 Å². The van der Waals surface area contributed by atoms with Crippen LogP contribution in [0.4, 0.5) is 0 Å². The van der Waals surface area contributed by atoms with E-state index in [-0.39, 0.29) is 29.4 Å². The second-order valence-electron chi connectivity index (χ2n) is 9.72. The third kappa shape index (κ3) is 6.13. The van der Waals surface area contributed by atoms with Gasteiger partial charge in [-0.15, -0.1) is 11.8 Å². The van der Waals surface area contributed by atoms with Crippen molar-refractivity contribution in [1.82, 2.24) is 5.32 Å². The Bertz CT molecular complexity index is 986. The molecule has 5 nitrogen and oxygen atoms in total. The van der Waals surface area contributed by atoms with Crippen molar-refractivity contribution in [3.63, 3.8) is 0 Å². The van der Waals surface area contributed by atoms with E-state index in [0.717, 1.165) is 24.2 Å². The van der Waals surface area contributed by atoms with Gasteiger partial charge in [0.15, 0.2) is 0 Å². The fourth-order valence-corrected chi connectivity index (χ4v) is 5.50. The molecule has 0 aromatic heterocycles. The molecule has 1 saturated carbocycles. The molecule has 2 aromatic carbocycles. The molecule has 0 radical (unpaired) electrons. The summed E-state index contributed by atoms with van der Waals surface area (Å²) in [7, 11) is 0. The zero-order chi connectivity index (χ0) is 22.7. The lowest BCUT2D eigenvalue weighted by Gasteiger charge is -2.29. The quantitative estimate of drug-likeness (QED) is 0.481. The third-order valence-corrected chi connectivity index (χ3v) is 7.58. The molecule has 1 fully saturated rings. The van der Waals surface area contributed by atoms with Crippen molar-refractivity contribution in [2.75, 3.05) is 13.2 Å². The lowest BCUT2D eigenvalue weighted by atomic mass is 9.93. The molecule has 2 aromatic rings. The number of carbonyl (C=O) groups is 1. The van der Waals surface area contributed by atoms with Gasteiger partial charge in [-0.1, -0.05) is 48.5 Å². The zero-order valence-corrected chi connectivity index (χ0v) is 19.7. The Morgan fingerprint density at radius 2 is 2.00 bits per heavy atom. The average molecular weight is 455 g/mol. The van der Waals surface area contributed by atoms with Crippen LogP contribution >= 0.6 is 11.8 Å². The van der Waals surface area contributed by atoms with Gasteiger partial charge in [0.25, 0.3) is 0 Å². The number of hydrogen-bond donors (Lipinski definition) is 3. The maximum absolute atomic E-state index is 11.5. The average Bonchev–Trinajstić information content (AvgIpc) is 3.47. The van der Waals surface area contributed by atoms with Gasteiger partial charge >= 0.3 is 0 Å². The Morgan fingerprint density at radius 3 is 2.69 bits per heavy atom. The van der Waals surface area contributed by atoms with Crippen molar-refractivity contribution in [2.24, 2.45) is 11.7 Å². The molecule has 0 saturated heterocycles. The number of β-amino-alcohol motifs (C(OH)–C–C–N with tert-alkyl or cyclic N) is 1. The normalized spacial score (nSPS) is 20.8. The smallest absolute Gasteiger partial charge is 0.231 e. The van der Waals surface area contributed by atoms with Crippen LogP contribution in [0.3, 0.4) is 0 Å². The van der Waals surface area contributed by atoms with E-state index >= 15 is 0 Å². The van der Waals surface area contributed by atoms with Gasteiger partial charge in [0, 0.05) is 17.0 Å². The molecule has 1 amide bonds. The molecule has 1 aliphatic carbocycles. The fraction of sp³-hybridized carbons (Fsp3) is 0.500. The number of fused-ring (bicyclic) bond motifs is 1. The minimum atomic E-state index is -0.592. The number of amides is 1. The highest BCUT2D eigenvalue weighted by Crippen LogP contribution is 2.45. The number of nitrogens with two attached hydrogens (primary N) is 1. The molecule has 4 N–H and O–H groups in total. The first-order chi connectivity index (χ1) is 15.3. The number of benzene rings is 2. The lowest BCUT2D eigenvalue weighted by molar-refractivity contribution is -0.117. The number of rotatable bonds is 11. The monoisotopic (exact) mass is 454 g/mol. The second-order valence-corrected chi connectivity index (χ2v) is 11.0. The Hall–Kier alpha value is -1.86. The molecular weight excluding hydrogens is 420 g/mol. The predicted molar refractivity (Wildman–Crippen MR) is 131 cm³/mol. The van der Waals surface area contributed by atoms with Gasteiger partial charge in [-0.05, 0) is 61.8 Å². The largest absolute Gasteiger partial charge is 0.389 e. The molecule has 172 valence electrons. The molecule has 1 aliphatic heterocycles. The van der Waals surface area contributed by atoms with E-state index < -0.39 is 6.10 Å². The molecule has 3 atom stereocenters. The third-order valence-electron chi connectivity index (χ3n) is 6.20. The molecule has 0 bridgehead atoms. The van der Waals surface area contributed by atoms with Crippen LogP contribution < -0.4 is 11.1 Å². The minimum Gasteiger partial charge on any atom is -0.389 e. The number of primary amides is 1. The van der Waals surface area contributed by atoms with Gasteiger partial charge in [0.05, 0.1) is 24.1 Å². The summed E-state index contributed by atoms with van der Waals surface area (Å²) < 4.78 is 6.14. The molecular formula is C26H34N2O3S. The van der Waals surface area contributed by atoms with Crippen LogP contribution in [0.25, 0.3) is 10.8 Å². The predicted octanol–water partition coefficient (Wildman–Crippen LogP) is 3.78. The van der Waals surface area contributed by atoms with Crippen molar-refractivity contribution < 1.29 is 14.6 Å². The maximum atomic E-state index is 11.5. The highest BCUT2D eigenvalue weighted by atomic mass is 32.2. The van der Waals surface area contributed by atoms with Crippen LogP contribution in [0.5, 0.6) is 0 Å². The van der Waals surface area contributed by atoms with Gasteiger partial charge in [-0.25, -0.2) is 0 Å². The van der Waals surface area contributed by atoms with Gasteiger partial charge in [0.1, 0.15) is 0 Å². The first-order valence-corrected chi connectivity index (χ1v) is 12.4. The van der Waals surface area contributed by atoms with E-state index in [4.69, 9.17) is 10.5 Å². The van der Waals surface area contributed by atoms with E-state index in [2.05, 4.69) is 67.7 Å². The molecule has 1 heterocycles. The number of aliphatic hydroxyl groups excluding tert-OH is 1. The first kappa shape index (κ1) is 23.3. The van der Waals surface area contributed by atoms with E-state index in [1.807, 2.05) is 0 Å². The molecule has 32 heavy (non-hydrogen) atoms. The lowest BCUT2D eigenvalue weighted by Crippen LogP contribution is -2.46. The number of nitrogens with one attached hydrogen (secondary N) is 1. The SMILES string of the molecule is CC(C)(Cc1ccc2ccccc2c1)NC[C@@H](O)COC(C1=CCC(C(N)=O)S1)C1CC1.